The first kappa shape index (κ1) is 18.7. The van der Waals surface area contributed by atoms with Crippen LogP contribution in [0.2, 0.25) is 5.02 Å². The minimum atomic E-state index is -0.458. The van der Waals surface area contributed by atoms with Crippen LogP contribution in [0, 0.1) is 0 Å². The lowest BCUT2D eigenvalue weighted by Gasteiger charge is -2.13. The highest BCUT2D eigenvalue weighted by Crippen LogP contribution is 2.29. The second-order valence-electron chi connectivity index (χ2n) is 6.16. The van der Waals surface area contributed by atoms with E-state index in [-0.39, 0.29) is 11.7 Å². The number of carbonyl (C=O) groups is 1. The van der Waals surface area contributed by atoms with E-state index in [4.69, 9.17) is 21.6 Å². The third-order valence-corrected chi connectivity index (χ3v) is 5.30. The number of halogens is 1. The van der Waals surface area contributed by atoms with Crippen molar-refractivity contribution in [1.29, 1.82) is 0 Å². The standard InChI is InChI=1S/C20H20ClN3OS/c1-3-20(2)23-18(14-7-5-4-6-8-14)19(24-20)26-13-17(25)22-16-11-9-15(21)10-12-16/h4-12H,3,13H2,1-2H3,(H,22,25). The van der Waals surface area contributed by atoms with E-state index in [1.165, 1.54) is 11.8 Å². The first-order valence-electron chi connectivity index (χ1n) is 8.43. The predicted octanol–water partition coefficient (Wildman–Crippen LogP) is 5.04. The third-order valence-electron chi connectivity index (χ3n) is 4.08. The van der Waals surface area contributed by atoms with Gasteiger partial charge in [0.25, 0.3) is 0 Å². The molecule has 3 rings (SSSR count). The average Bonchev–Trinajstić information content (AvgIpc) is 3.00. The Morgan fingerprint density at radius 1 is 1.12 bits per heavy atom. The minimum absolute atomic E-state index is 0.0856. The maximum atomic E-state index is 12.3. The van der Waals surface area contributed by atoms with Gasteiger partial charge in [-0.2, -0.15) is 0 Å². The van der Waals surface area contributed by atoms with Crippen LogP contribution < -0.4 is 5.32 Å². The van der Waals surface area contributed by atoms with Crippen molar-refractivity contribution in [2.75, 3.05) is 11.1 Å². The third kappa shape index (κ3) is 4.54. The van der Waals surface area contributed by atoms with E-state index >= 15 is 0 Å². The van der Waals surface area contributed by atoms with Gasteiger partial charge in [0, 0.05) is 16.3 Å². The summed E-state index contributed by atoms with van der Waals surface area (Å²) >= 11 is 7.28. The molecule has 1 amide bonds. The SMILES string of the molecule is CCC1(C)N=C(SCC(=O)Nc2ccc(Cl)cc2)C(c2ccccc2)=N1. The highest BCUT2D eigenvalue weighted by Gasteiger charge is 2.31. The number of anilines is 1. The lowest BCUT2D eigenvalue weighted by Crippen LogP contribution is -2.17. The van der Waals surface area contributed by atoms with E-state index in [9.17, 15) is 4.79 Å². The summed E-state index contributed by atoms with van der Waals surface area (Å²) in [6, 6.07) is 17.0. The smallest absolute Gasteiger partial charge is 0.234 e. The van der Waals surface area contributed by atoms with Gasteiger partial charge in [0.2, 0.25) is 5.91 Å². The molecule has 0 spiro atoms. The molecule has 4 nitrogen and oxygen atoms in total. The summed E-state index contributed by atoms with van der Waals surface area (Å²) in [5.74, 6) is 0.185. The minimum Gasteiger partial charge on any atom is -0.325 e. The number of hydrogen-bond donors (Lipinski definition) is 1. The van der Waals surface area contributed by atoms with Gasteiger partial charge in [0.1, 0.15) is 10.7 Å². The number of nitrogens with one attached hydrogen (secondary N) is 1. The van der Waals surface area contributed by atoms with E-state index in [1.807, 2.05) is 37.3 Å². The zero-order valence-electron chi connectivity index (χ0n) is 14.7. The molecule has 0 aromatic heterocycles. The van der Waals surface area contributed by atoms with Gasteiger partial charge in [-0.05, 0) is 37.6 Å². The number of hydrogen-bond acceptors (Lipinski definition) is 4. The Morgan fingerprint density at radius 3 is 2.46 bits per heavy atom. The Morgan fingerprint density at radius 2 is 1.81 bits per heavy atom. The molecule has 26 heavy (non-hydrogen) atoms. The van der Waals surface area contributed by atoms with Crippen molar-refractivity contribution >= 4 is 45.7 Å². The van der Waals surface area contributed by atoms with Crippen molar-refractivity contribution in [2.45, 2.75) is 25.9 Å². The van der Waals surface area contributed by atoms with Gasteiger partial charge in [-0.3, -0.25) is 9.79 Å². The zero-order valence-corrected chi connectivity index (χ0v) is 16.3. The quantitative estimate of drug-likeness (QED) is 0.783. The molecule has 0 bridgehead atoms. The Balaban J connectivity index is 1.69. The molecule has 1 heterocycles. The van der Waals surface area contributed by atoms with E-state index in [0.717, 1.165) is 28.4 Å². The van der Waals surface area contributed by atoms with Crippen LogP contribution in [0.1, 0.15) is 25.8 Å². The molecule has 0 saturated heterocycles. The summed E-state index contributed by atoms with van der Waals surface area (Å²) in [5.41, 5.74) is 2.15. The van der Waals surface area contributed by atoms with Crippen molar-refractivity contribution in [3.8, 4) is 0 Å². The zero-order chi connectivity index (χ0) is 18.6. The monoisotopic (exact) mass is 385 g/mol. The largest absolute Gasteiger partial charge is 0.325 e. The fourth-order valence-corrected chi connectivity index (χ4v) is 3.52. The molecule has 0 saturated carbocycles. The first-order chi connectivity index (χ1) is 12.5. The van der Waals surface area contributed by atoms with E-state index < -0.39 is 5.66 Å². The number of aliphatic imine (C=N–C) groups is 2. The molecule has 6 heteroatoms. The summed E-state index contributed by atoms with van der Waals surface area (Å²) in [5, 5.41) is 4.32. The van der Waals surface area contributed by atoms with Gasteiger partial charge in [-0.25, -0.2) is 4.99 Å². The molecular weight excluding hydrogens is 366 g/mol. The number of rotatable bonds is 5. The molecule has 0 aliphatic carbocycles. The van der Waals surface area contributed by atoms with Gasteiger partial charge in [0.15, 0.2) is 0 Å². The number of benzene rings is 2. The molecule has 1 atom stereocenters. The number of carbonyl (C=O) groups excluding carboxylic acids is 1. The van der Waals surface area contributed by atoms with E-state index in [2.05, 4.69) is 12.2 Å². The summed E-state index contributed by atoms with van der Waals surface area (Å²) in [7, 11) is 0. The Kier molecular flexibility index (Phi) is 5.79. The second kappa shape index (κ2) is 8.06. The van der Waals surface area contributed by atoms with Crippen LogP contribution in [-0.4, -0.2) is 28.1 Å². The molecule has 2 aromatic carbocycles. The van der Waals surface area contributed by atoms with Crippen LogP contribution in [0.5, 0.6) is 0 Å². The van der Waals surface area contributed by atoms with Crippen LogP contribution in [0.3, 0.4) is 0 Å². The maximum Gasteiger partial charge on any atom is 0.234 e. The predicted molar refractivity (Wildman–Crippen MR) is 112 cm³/mol. The summed E-state index contributed by atoms with van der Waals surface area (Å²) in [6.07, 6.45) is 0.810. The van der Waals surface area contributed by atoms with Crippen molar-refractivity contribution in [1.82, 2.24) is 0 Å². The van der Waals surface area contributed by atoms with Crippen LogP contribution in [0.15, 0.2) is 64.6 Å². The van der Waals surface area contributed by atoms with E-state index in [0.29, 0.717) is 5.02 Å². The fourth-order valence-electron chi connectivity index (χ4n) is 2.49. The molecule has 2 aromatic rings. The molecular formula is C20H20ClN3OS. The molecule has 1 N–H and O–H groups in total. The first-order valence-corrected chi connectivity index (χ1v) is 9.79. The van der Waals surface area contributed by atoms with Gasteiger partial charge in [-0.15, -0.1) is 0 Å². The van der Waals surface area contributed by atoms with Crippen molar-refractivity contribution in [2.24, 2.45) is 9.98 Å². The van der Waals surface area contributed by atoms with Crippen LogP contribution in [0.25, 0.3) is 0 Å². The van der Waals surface area contributed by atoms with Crippen molar-refractivity contribution in [3.63, 3.8) is 0 Å². The summed E-state index contributed by atoms with van der Waals surface area (Å²) in [6.45, 7) is 4.08. The second-order valence-corrected chi connectivity index (χ2v) is 7.56. The van der Waals surface area contributed by atoms with Crippen molar-refractivity contribution in [3.05, 3.63) is 65.2 Å². The van der Waals surface area contributed by atoms with Gasteiger partial charge in [-0.1, -0.05) is 60.6 Å². The fraction of sp³-hybridized carbons (Fsp3) is 0.250. The van der Waals surface area contributed by atoms with E-state index in [1.54, 1.807) is 24.3 Å². The maximum absolute atomic E-state index is 12.3. The number of amides is 1. The van der Waals surface area contributed by atoms with Gasteiger partial charge >= 0.3 is 0 Å². The Bertz CT molecular complexity index is 849. The Labute approximate surface area is 162 Å². The summed E-state index contributed by atoms with van der Waals surface area (Å²) < 4.78 is 0. The topological polar surface area (TPSA) is 53.8 Å². The lowest BCUT2D eigenvalue weighted by atomic mass is 10.1. The molecule has 1 aliphatic heterocycles. The average molecular weight is 386 g/mol. The van der Waals surface area contributed by atoms with Crippen molar-refractivity contribution < 1.29 is 4.79 Å². The number of nitrogens with zero attached hydrogens (tertiary/aromatic N) is 2. The van der Waals surface area contributed by atoms with Crippen LogP contribution >= 0.6 is 23.4 Å². The van der Waals surface area contributed by atoms with Crippen LogP contribution in [0.4, 0.5) is 5.69 Å². The van der Waals surface area contributed by atoms with Gasteiger partial charge in [0.05, 0.1) is 11.5 Å². The highest BCUT2D eigenvalue weighted by molar-refractivity contribution is 8.16. The lowest BCUT2D eigenvalue weighted by molar-refractivity contribution is -0.113. The van der Waals surface area contributed by atoms with Crippen LogP contribution in [-0.2, 0) is 4.79 Å². The highest BCUT2D eigenvalue weighted by atomic mass is 35.5. The molecule has 0 fully saturated rings. The van der Waals surface area contributed by atoms with Gasteiger partial charge < -0.3 is 5.32 Å². The molecule has 134 valence electrons. The normalized spacial score (nSPS) is 19.0. The number of thioether (sulfide) groups is 1. The molecule has 0 radical (unpaired) electrons. The molecule has 1 unspecified atom stereocenters. The Hall–Kier alpha value is -2.11. The molecule has 1 aliphatic rings. The summed E-state index contributed by atoms with van der Waals surface area (Å²) in [4.78, 5) is 21.8.